The lowest BCUT2D eigenvalue weighted by atomic mass is 10.0. The van der Waals surface area contributed by atoms with Gasteiger partial charge in [-0.05, 0) is 89.9 Å². The summed E-state index contributed by atoms with van der Waals surface area (Å²) in [6.45, 7) is 6.60. The van der Waals surface area contributed by atoms with Gasteiger partial charge in [-0.15, -0.1) is 0 Å². The summed E-state index contributed by atoms with van der Waals surface area (Å²) in [7, 11) is 0. The van der Waals surface area contributed by atoms with E-state index in [0.29, 0.717) is 19.3 Å². The second-order valence-corrected chi connectivity index (χ2v) is 19.9. The van der Waals surface area contributed by atoms with Crippen molar-refractivity contribution < 1.29 is 28.6 Å². The van der Waals surface area contributed by atoms with E-state index >= 15 is 0 Å². The van der Waals surface area contributed by atoms with Gasteiger partial charge in [0.2, 0.25) is 0 Å². The van der Waals surface area contributed by atoms with Crippen LogP contribution in [0.2, 0.25) is 0 Å². The lowest BCUT2D eigenvalue weighted by Crippen LogP contribution is -2.30. The van der Waals surface area contributed by atoms with Crippen molar-refractivity contribution in [1.82, 2.24) is 0 Å². The first-order valence-electron chi connectivity index (χ1n) is 29.8. The van der Waals surface area contributed by atoms with Crippen molar-refractivity contribution in [3.8, 4) is 0 Å². The number of carbonyl (C=O) groups is 3. The molecule has 6 heteroatoms. The van der Waals surface area contributed by atoms with Crippen molar-refractivity contribution in [2.45, 2.75) is 309 Å². The van der Waals surface area contributed by atoms with Crippen LogP contribution in [0.3, 0.4) is 0 Å². The fourth-order valence-electron chi connectivity index (χ4n) is 8.48. The molecular formula is C63H112O6. The first kappa shape index (κ1) is 66.1. The number of rotatable bonds is 54. The van der Waals surface area contributed by atoms with Gasteiger partial charge in [-0.25, -0.2) is 0 Å². The maximum atomic E-state index is 12.9. The first-order chi connectivity index (χ1) is 34.0. The maximum Gasteiger partial charge on any atom is 0.306 e. The van der Waals surface area contributed by atoms with Crippen molar-refractivity contribution in [3.63, 3.8) is 0 Å². The number of hydrogen-bond acceptors (Lipinski definition) is 6. The Balaban J connectivity index is 4.37. The Kier molecular flexibility index (Phi) is 55.3. The van der Waals surface area contributed by atoms with Gasteiger partial charge in [0.25, 0.3) is 0 Å². The number of carbonyl (C=O) groups excluding carboxylic acids is 3. The molecule has 0 amide bonds. The molecule has 0 aromatic rings. The van der Waals surface area contributed by atoms with Gasteiger partial charge < -0.3 is 14.2 Å². The highest BCUT2D eigenvalue weighted by Crippen LogP contribution is 2.16. The third-order valence-corrected chi connectivity index (χ3v) is 13.0. The monoisotopic (exact) mass is 965 g/mol. The van der Waals surface area contributed by atoms with E-state index in [2.05, 4.69) is 81.5 Å². The Morgan fingerprint density at radius 2 is 0.522 bits per heavy atom. The summed E-state index contributed by atoms with van der Waals surface area (Å²) in [5.41, 5.74) is 0. The van der Waals surface area contributed by atoms with Crippen LogP contribution in [-0.4, -0.2) is 37.2 Å². The number of esters is 3. The van der Waals surface area contributed by atoms with Gasteiger partial charge in [0.1, 0.15) is 13.2 Å². The normalized spacial score (nSPS) is 12.4. The molecule has 0 aliphatic rings. The van der Waals surface area contributed by atoms with Crippen molar-refractivity contribution in [3.05, 3.63) is 60.8 Å². The van der Waals surface area contributed by atoms with Gasteiger partial charge >= 0.3 is 17.9 Å². The lowest BCUT2D eigenvalue weighted by Gasteiger charge is -2.18. The van der Waals surface area contributed by atoms with Crippen LogP contribution >= 0.6 is 0 Å². The fraction of sp³-hybridized carbons (Fsp3) is 0.794. The van der Waals surface area contributed by atoms with Crippen LogP contribution in [0.15, 0.2) is 60.8 Å². The average Bonchev–Trinajstić information content (AvgIpc) is 3.35. The maximum absolute atomic E-state index is 12.9. The molecule has 0 spiro atoms. The molecule has 0 rings (SSSR count). The summed E-state index contributed by atoms with van der Waals surface area (Å²) in [5, 5.41) is 0. The molecule has 400 valence electrons. The number of allylic oxidation sites excluding steroid dienone is 10. The summed E-state index contributed by atoms with van der Waals surface area (Å²) in [5.74, 6) is -0.882. The summed E-state index contributed by atoms with van der Waals surface area (Å²) < 4.78 is 16.9. The molecule has 0 fully saturated rings. The third kappa shape index (κ3) is 55.9. The minimum Gasteiger partial charge on any atom is -0.462 e. The zero-order valence-corrected chi connectivity index (χ0v) is 45.8. The second-order valence-electron chi connectivity index (χ2n) is 19.9. The van der Waals surface area contributed by atoms with E-state index in [0.717, 1.165) is 89.9 Å². The molecule has 0 saturated carbocycles. The quantitative estimate of drug-likeness (QED) is 0.0262. The summed E-state index contributed by atoms with van der Waals surface area (Å²) >= 11 is 0. The number of unbranched alkanes of at least 4 members (excludes halogenated alkanes) is 33. The van der Waals surface area contributed by atoms with Gasteiger partial charge in [0.15, 0.2) is 6.10 Å². The van der Waals surface area contributed by atoms with E-state index in [1.807, 2.05) is 0 Å². The first-order valence-corrected chi connectivity index (χ1v) is 29.8. The molecule has 0 heterocycles. The van der Waals surface area contributed by atoms with Crippen LogP contribution in [0.5, 0.6) is 0 Å². The molecule has 0 aromatic carbocycles. The Morgan fingerprint density at radius 3 is 0.841 bits per heavy atom. The van der Waals surface area contributed by atoms with Crippen LogP contribution in [-0.2, 0) is 28.6 Å². The van der Waals surface area contributed by atoms with E-state index < -0.39 is 6.10 Å². The molecule has 0 radical (unpaired) electrons. The largest absolute Gasteiger partial charge is 0.462 e. The molecule has 6 nitrogen and oxygen atoms in total. The molecule has 0 aromatic heterocycles. The summed E-state index contributed by atoms with van der Waals surface area (Å²) in [4.78, 5) is 38.2. The molecular weight excluding hydrogens is 853 g/mol. The Bertz CT molecular complexity index is 1250. The van der Waals surface area contributed by atoms with Gasteiger partial charge in [0, 0.05) is 19.3 Å². The Labute approximate surface area is 428 Å². The topological polar surface area (TPSA) is 78.9 Å². The van der Waals surface area contributed by atoms with Gasteiger partial charge in [-0.3, -0.25) is 14.4 Å². The minimum atomic E-state index is -0.781. The third-order valence-electron chi connectivity index (χ3n) is 13.0. The fourth-order valence-corrected chi connectivity index (χ4v) is 8.48. The predicted molar refractivity (Wildman–Crippen MR) is 298 cm³/mol. The molecule has 0 unspecified atom stereocenters. The smallest absolute Gasteiger partial charge is 0.306 e. The van der Waals surface area contributed by atoms with Crippen LogP contribution in [0.4, 0.5) is 0 Å². The number of ether oxygens (including phenoxy) is 3. The molecule has 0 saturated heterocycles. The molecule has 0 aliphatic carbocycles. The van der Waals surface area contributed by atoms with Gasteiger partial charge in [0.05, 0.1) is 0 Å². The van der Waals surface area contributed by atoms with E-state index in [9.17, 15) is 14.4 Å². The highest BCUT2D eigenvalue weighted by molar-refractivity contribution is 5.71. The lowest BCUT2D eigenvalue weighted by molar-refractivity contribution is -0.167. The summed E-state index contributed by atoms with van der Waals surface area (Å²) in [6, 6.07) is 0. The zero-order chi connectivity index (χ0) is 50.0. The molecule has 0 aliphatic heterocycles. The van der Waals surface area contributed by atoms with Gasteiger partial charge in [-0.2, -0.15) is 0 Å². The van der Waals surface area contributed by atoms with Crippen molar-refractivity contribution in [1.29, 1.82) is 0 Å². The van der Waals surface area contributed by atoms with Crippen molar-refractivity contribution in [2.75, 3.05) is 13.2 Å². The molecule has 0 N–H and O–H groups in total. The second kappa shape index (κ2) is 57.7. The van der Waals surface area contributed by atoms with E-state index in [1.165, 1.54) is 173 Å². The Morgan fingerprint density at radius 1 is 0.290 bits per heavy atom. The standard InChI is InChI=1S/C63H112O6/c1-4-7-10-13-16-19-22-25-27-29-31-33-35-38-41-44-47-50-53-56-62(65)68-59-60(58-67-61(64)55-52-49-46-43-40-37-24-21-18-15-12-9-6-3)69-63(66)57-54-51-48-45-42-39-36-34-32-30-28-26-23-20-17-14-11-8-5-2/h16-17,19-20,25-28,32,34,60H,4-15,18,21-24,29-31,33,35-59H2,1-3H3/b19-16-,20-17-,27-25-,28-26-,34-32-/t60-/m1/s1. The van der Waals surface area contributed by atoms with Crippen molar-refractivity contribution in [2.24, 2.45) is 0 Å². The Hall–Kier alpha value is -2.89. The van der Waals surface area contributed by atoms with E-state index in [-0.39, 0.29) is 31.1 Å². The number of hydrogen-bond donors (Lipinski definition) is 0. The highest BCUT2D eigenvalue weighted by Gasteiger charge is 2.19. The molecule has 1 atom stereocenters. The van der Waals surface area contributed by atoms with Crippen molar-refractivity contribution >= 4 is 17.9 Å². The minimum absolute atomic E-state index is 0.0783. The van der Waals surface area contributed by atoms with Crippen LogP contribution in [0.1, 0.15) is 303 Å². The predicted octanol–water partition coefficient (Wildman–Crippen LogP) is 20.0. The zero-order valence-electron chi connectivity index (χ0n) is 45.8. The van der Waals surface area contributed by atoms with Crippen LogP contribution < -0.4 is 0 Å². The van der Waals surface area contributed by atoms with Crippen LogP contribution in [0, 0.1) is 0 Å². The SMILES string of the molecule is CCCCC/C=C\C/C=C\C/C=C\CCCCCCCCC(=O)O[C@@H](COC(=O)CCCCCCCCCCC/C=C\C/C=C\CCCCC)COC(=O)CCCCCCCCCCCCCCC. The van der Waals surface area contributed by atoms with E-state index in [4.69, 9.17) is 14.2 Å². The highest BCUT2D eigenvalue weighted by atomic mass is 16.6. The summed E-state index contributed by atoms with van der Waals surface area (Å²) in [6.07, 6.45) is 72.0. The van der Waals surface area contributed by atoms with Crippen LogP contribution in [0.25, 0.3) is 0 Å². The molecule has 69 heavy (non-hydrogen) atoms. The molecule has 0 bridgehead atoms. The van der Waals surface area contributed by atoms with E-state index in [1.54, 1.807) is 0 Å². The average molecular weight is 966 g/mol. The van der Waals surface area contributed by atoms with Gasteiger partial charge in [-0.1, -0.05) is 255 Å².